The summed E-state index contributed by atoms with van der Waals surface area (Å²) < 4.78 is 0. The van der Waals surface area contributed by atoms with Gasteiger partial charge in [0, 0.05) is 51.5 Å². The molecule has 0 atom stereocenters. The lowest BCUT2D eigenvalue weighted by atomic mass is 10.1. The Kier molecular flexibility index (Phi) is 11.3. The maximum atomic E-state index is 5.47. The monoisotopic (exact) mass is 449 g/mol. The molecule has 1 aromatic carbocycles. The van der Waals surface area contributed by atoms with Gasteiger partial charge in [-0.05, 0) is 71.2 Å². The molecule has 1 rings (SSSR count). The topological polar surface area (TPSA) is 58.5 Å². The van der Waals surface area contributed by atoms with Crippen molar-refractivity contribution in [1.29, 1.82) is 0 Å². The van der Waals surface area contributed by atoms with Crippen molar-refractivity contribution in [2.24, 2.45) is 10.2 Å². The van der Waals surface area contributed by atoms with Crippen LogP contribution in [0.15, 0.2) is 34.5 Å². The van der Waals surface area contributed by atoms with Crippen LogP contribution in [0.5, 0.6) is 0 Å². The molecule has 0 saturated heterocycles. The minimum atomic E-state index is 0.585. The Morgan fingerprint density at radius 2 is 1.23 bits per heavy atom. The highest BCUT2D eigenvalue weighted by molar-refractivity contribution is 7.80. The summed E-state index contributed by atoms with van der Waals surface area (Å²) in [5.41, 5.74) is 9.45. The summed E-state index contributed by atoms with van der Waals surface area (Å²) in [6, 6.07) is 8.15. The smallest absolute Gasteiger partial charge is 0.189 e. The maximum absolute atomic E-state index is 5.47. The highest BCUT2D eigenvalue weighted by Crippen LogP contribution is 2.13. The van der Waals surface area contributed by atoms with Gasteiger partial charge in [0.1, 0.15) is 5.71 Å². The van der Waals surface area contributed by atoms with Crippen LogP contribution in [0.4, 0.5) is 5.69 Å². The molecule has 0 aliphatic carbocycles. The van der Waals surface area contributed by atoms with Gasteiger partial charge >= 0.3 is 0 Å². The number of nitrogens with one attached hydrogen (secondary N) is 2. The largest absolute Gasteiger partial charge is 0.378 e. The molecule has 0 unspecified atom stereocenters. The minimum absolute atomic E-state index is 0.585. The predicted octanol–water partition coefficient (Wildman–Crippen LogP) is 3.27. The van der Waals surface area contributed by atoms with Crippen molar-refractivity contribution < 1.29 is 0 Å². The van der Waals surface area contributed by atoms with E-state index in [0.29, 0.717) is 21.6 Å². The van der Waals surface area contributed by atoms with Crippen LogP contribution in [0.25, 0.3) is 0 Å². The van der Waals surface area contributed by atoms with Gasteiger partial charge in [0.25, 0.3) is 0 Å². The normalized spacial score (nSPS) is 11.7. The number of anilines is 1. The minimum Gasteiger partial charge on any atom is -0.378 e. The van der Waals surface area contributed by atoms with E-state index in [-0.39, 0.29) is 0 Å². The van der Waals surface area contributed by atoms with Crippen LogP contribution >= 0.6 is 24.4 Å². The second kappa shape index (κ2) is 13.1. The molecule has 0 radical (unpaired) electrons. The van der Waals surface area contributed by atoms with Gasteiger partial charge in [0.2, 0.25) is 0 Å². The molecule has 0 aliphatic heterocycles. The number of hydrogen-bond donors (Lipinski definition) is 2. The van der Waals surface area contributed by atoms with Crippen molar-refractivity contribution >= 4 is 51.8 Å². The number of hydrazone groups is 2. The van der Waals surface area contributed by atoms with Crippen molar-refractivity contribution in [3.63, 3.8) is 0 Å². The van der Waals surface area contributed by atoms with Crippen molar-refractivity contribution in [2.75, 3.05) is 45.2 Å². The first-order chi connectivity index (χ1) is 14.3. The standard InChI is InChI=1S/C21H35N7S2/c1-8-27(9-2)20(29)24-22-16(5)19(23-25-21(30)28(10-3)11-4)17-12-14-18(15-13-17)26(6)7/h12-15H,8-11H2,1-7H3,(H,24,29)(H,25,30)/b22-16+,23-19-. The molecule has 0 saturated carbocycles. The summed E-state index contributed by atoms with van der Waals surface area (Å²) in [5.74, 6) is 0. The number of nitrogens with zero attached hydrogens (tertiary/aromatic N) is 5. The van der Waals surface area contributed by atoms with Crippen LogP contribution in [0.3, 0.4) is 0 Å². The second-order valence-electron chi connectivity index (χ2n) is 6.78. The molecule has 0 spiro atoms. The summed E-state index contributed by atoms with van der Waals surface area (Å²) >= 11 is 10.9. The van der Waals surface area contributed by atoms with E-state index in [0.717, 1.165) is 37.4 Å². The fourth-order valence-corrected chi connectivity index (χ4v) is 3.33. The van der Waals surface area contributed by atoms with Gasteiger partial charge < -0.3 is 14.7 Å². The molecule has 1 aromatic rings. The lowest BCUT2D eigenvalue weighted by Gasteiger charge is -2.21. The van der Waals surface area contributed by atoms with E-state index in [2.05, 4.69) is 65.8 Å². The highest BCUT2D eigenvalue weighted by atomic mass is 32.1. The van der Waals surface area contributed by atoms with E-state index in [9.17, 15) is 0 Å². The molecule has 30 heavy (non-hydrogen) atoms. The first-order valence-electron chi connectivity index (χ1n) is 10.3. The Bertz CT molecular complexity index is 749. The van der Waals surface area contributed by atoms with Crippen molar-refractivity contribution in [3.05, 3.63) is 29.8 Å². The first kappa shape index (κ1) is 25.8. The van der Waals surface area contributed by atoms with Crippen LogP contribution in [0.2, 0.25) is 0 Å². The molecule has 0 amide bonds. The van der Waals surface area contributed by atoms with Gasteiger partial charge in [-0.2, -0.15) is 10.2 Å². The lowest BCUT2D eigenvalue weighted by Crippen LogP contribution is -2.39. The molecule has 0 fully saturated rings. The average molecular weight is 450 g/mol. The summed E-state index contributed by atoms with van der Waals surface area (Å²) in [4.78, 5) is 6.12. The zero-order valence-corrected chi connectivity index (χ0v) is 20.8. The van der Waals surface area contributed by atoms with Gasteiger partial charge in [-0.25, -0.2) is 0 Å². The Morgan fingerprint density at radius 3 is 1.63 bits per heavy atom. The van der Waals surface area contributed by atoms with Crippen LogP contribution in [0, 0.1) is 0 Å². The lowest BCUT2D eigenvalue weighted by molar-refractivity contribution is 0.457. The van der Waals surface area contributed by atoms with Gasteiger partial charge in [-0.3, -0.25) is 10.9 Å². The predicted molar refractivity (Wildman–Crippen MR) is 138 cm³/mol. The third kappa shape index (κ3) is 7.53. The maximum Gasteiger partial charge on any atom is 0.189 e. The summed E-state index contributed by atoms with van der Waals surface area (Å²) in [5, 5.41) is 10.3. The Hall–Kier alpha value is -2.26. The van der Waals surface area contributed by atoms with Gasteiger partial charge in [0.15, 0.2) is 10.2 Å². The van der Waals surface area contributed by atoms with Crippen molar-refractivity contribution in [2.45, 2.75) is 34.6 Å². The van der Waals surface area contributed by atoms with Gasteiger partial charge in [-0.1, -0.05) is 12.1 Å². The number of rotatable bonds is 9. The quantitative estimate of drug-likeness (QED) is 0.341. The average Bonchev–Trinajstić information content (AvgIpc) is 2.74. The van der Waals surface area contributed by atoms with Crippen molar-refractivity contribution in [3.8, 4) is 0 Å². The molecular weight excluding hydrogens is 414 g/mol. The van der Waals surface area contributed by atoms with E-state index in [1.54, 1.807) is 0 Å². The van der Waals surface area contributed by atoms with Crippen molar-refractivity contribution in [1.82, 2.24) is 20.7 Å². The number of thiocarbonyl (C=S) groups is 2. The molecular formula is C21H35N7S2. The summed E-state index contributed by atoms with van der Waals surface area (Å²) in [7, 11) is 4.03. The van der Waals surface area contributed by atoms with Gasteiger partial charge in [0.05, 0.1) is 5.71 Å². The van der Waals surface area contributed by atoms with Crippen LogP contribution in [-0.2, 0) is 0 Å². The Morgan fingerprint density at radius 1 is 0.800 bits per heavy atom. The molecule has 9 heteroatoms. The molecule has 0 bridgehead atoms. The molecule has 2 N–H and O–H groups in total. The van der Waals surface area contributed by atoms with Crippen LogP contribution < -0.4 is 15.8 Å². The molecule has 166 valence electrons. The molecule has 0 aromatic heterocycles. The fourth-order valence-electron chi connectivity index (χ4n) is 2.72. The SMILES string of the molecule is CCN(CC)C(=S)N/N=C(C)/C(=N/NC(=S)N(CC)CC)c1ccc(N(C)C)cc1. The van der Waals surface area contributed by atoms with Crippen LogP contribution in [0.1, 0.15) is 40.2 Å². The third-order valence-electron chi connectivity index (χ3n) is 4.68. The first-order valence-corrected chi connectivity index (χ1v) is 11.1. The van der Waals surface area contributed by atoms with E-state index in [1.165, 1.54) is 0 Å². The zero-order chi connectivity index (χ0) is 22.7. The Labute approximate surface area is 192 Å². The molecule has 7 nitrogen and oxygen atoms in total. The third-order valence-corrected chi connectivity index (χ3v) is 5.38. The molecule has 0 aliphatic rings. The summed E-state index contributed by atoms with van der Waals surface area (Å²) in [6.07, 6.45) is 0. The van der Waals surface area contributed by atoms with E-state index in [1.807, 2.05) is 43.0 Å². The Balaban J connectivity index is 3.18. The fraction of sp³-hybridized carbons (Fsp3) is 0.524. The van der Waals surface area contributed by atoms with Gasteiger partial charge in [-0.15, -0.1) is 0 Å². The number of hydrogen-bond acceptors (Lipinski definition) is 5. The summed E-state index contributed by atoms with van der Waals surface area (Å²) in [6.45, 7) is 13.4. The zero-order valence-electron chi connectivity index (χ0n) is 19.2. The highest BCUT2D eigenvalue weighted by Gasteiger charge is 2.12. The van der Waals surface area contributed by atoms with E-state index < -0.39 is 0 Å². The number of benzene rings is 1. The van der Waals surface area contributed by atoms with E-state index >= 15 is 0 Å². The second-order valence-corrected chi connectivity index (χ2v) is 7.55. The van der Waals surface area contributed by atoms with E-state index in [4.69, 9.17) is 24.4 Å². The molecule has 0 heterocycles. The van der Waals surface area contributed by atoms with Crippen LogP contribution in [-0.4, -0.2) is 71.7 Å².